The molecule has 1 aliphatic rings. The molecule has 21 N–H and O–H groups in total. The molecular formula is C27H34BFN4O23. The third kappa shape index (κ3) is 6.74. The van der Waals surface area contributed by atoms with Gasteiger partial charge >= 0.3 is 23.8 Å². The summed E-state index contributed by atoms with van der Waals surface area (Å²) in [6.45, 7) is 0. The second-order valence-corrected chi connectivity index (χ2v) is 12.0. The van der Waals surface area contributed by atoms with E-state index in [1.54, 1.807) is 0 Å². The van der Waals surface area contributed by atoms with E-state index in [0.717, 1.165) is 7.05 Å². The average Bonchev–Trinajstić information content (AvgIpc) is 3.06. The molecule has 2 aromatic rings. The number of carbonyl (C=O) groups is 3. The zero-order chi connectivity index (χ0) is 43.7. The van der Waals surface area contributed by atoms with Crippen molar-refractivity contribution in [3.63, 3.8) is 0 Å². The number of likely N-dealkylation sites (N-methyl/N-ethyl adjacent to an activating group) is 2. The molecule has 0 spiro atoms. The minimum absolute atomic E-state index is 0.148. The highest BCUT2D eigenvalue weighted by atomic mass is 19.1. The van der Waals surface area contributed by atoms with Crippen LogP contribution in [-0.2, 0) is 32.1 Å². The fourth-order valence-corrected chi connectivity index (χ4v) is 5.51. The molecule has 1 unspecified atom stereocenters. The van der Waals surface area contributed by atoms with Crippen molar-refractivity contribution < 1.29 is 121 Å². The van der Waals surface area contributed by atoms with E-state index in [0.29, 0.717) is 7.05 Å². The van der Waals surface area contributed by atoms with Gasteiger partial charge in [-0.05, 0) is 7.05 Å². The molecule has 27 nitrogen and oxygen atoms in total. The number of nitrogens with zero attached hydrogens (tertiary/aromatic N) is 2. The number of ether oxygens (including phenoxy) is 1. The lowest BCUT2D eigenvalue weighted by atomic mass is 9.87. The van der Waals surface area contributed by atoms with Gasteiger partial charge in [-0.1, -0.05) is 11.5 Å². The quantitative estimate of drug-likeness (QED) is 0.0293. The first-order valence-corrected chi connectivity index (χ1v) is 14.8. The first kappa shape index (κ1) is 45.9. The van der Waals surface area contributed by atoms with E-state index in [-0.39, 0.29) is 17.3 Å². The molecule has 1 fully saturated rings. The summed E-state index contributed by atoms with van der Waals surface area (Å²) in [5, 5.41) is 204. The van der Waals surface area contributed by atoms with Crippen LogP contribution in [0.25, 0.3) is 0 Å². The normalized spacial score (nSPS) is 19.3. The number of anilines is 1. The summed E-state index contributed by atoms with van der Waals surface area (Å²) in [5.41, 5.74) is -14.4. The highest BCUT2D eigenvalue weighted by Gasteiger charge is 2.79. The van der Waals surface area contributed by atoms with E-state index in [2.05, 4.69) is 4.74 Å². The number of nitrogens with one attached hydrogen (secondary N) is 2. The predicted molar refractivity (Wildman–Crippen MR) is 166 cm³/mol. The summed E-state index contributed by atoms with van der Waals surface area (Å²) in [6, 6.07) is -0.182. The third-order valence-electron chi connectivity index (χ3n) is 8.51. The number of aliphatic hydroxyl groups is 15. The van der Waals surface area contributed by atoms with E-state index in [4.69, 9.17) is 7.85 Å². The van der Waals surface area contributed by atoms with Crippen LogP contribution in [0, 0.1) is 5.82 Å². The van der Waals surface area contributed by atoms with Crippen molar-refractivity contribution in [2.45, 2.75) is 60.1 Å². The Labute approximate surface area is 310 Å². The first-order chi connectivity index (χ1) is 25.1. The van der Waals surface area contributed by atoms with Crippen LogP contribution in [0.4, 0.5) is 10.1 Å². The van der Waals surface area contributed by atoms with E-state index >= 15 is 4.39 Å². The Balaban J connectivity index is 2.43. The van der Waals surface area contributed by atoms with Gasteiger partial charge in [-0.2, -0.15) is 0 Å². The Bertz CT molecular complexity index is 1900. The molecule has 3 rings (SSSR count). The van der Waals surface area contributed by atoms with E-state index in [1.165, 1.54) is 5.32 Å². The Hall–Kier alpha value is -4.48. The minimum Gasteiger partial charge on any atom is -0.507 e. The van der Waals surface area contributed by atoms with Crippen LogP contribution >= 0.6 is 0 Å². The number of aldehydes is 2. The molecule has 310 valence electrons. The molecular weight excluding hydrogens is 778 g/mol. The van der Waals surface area contributed by atoms with Crippen molar-refractivity contribution in [3.05, 3.63) is 34.1 Å². The molecule has 0 bridgehead atoms. The lowest BCUT2D eigenvalue weighted by Crippen LogP contribution is -2.87. The minimum atomic E-state index is -5.08. The maximum atomic E-state index is 15.7. The number of rotatable bonds is 13. The summed E-state index contributed by atoms with van der Waals surface area (Å²) >= 11 is 0. The Kier molecular flexibility index (Phi) is 11.6. The number of halogens is 1. The van der Waals surface area contributed by atoms with E-state index < -0.39 is 139 Å². The van der Waals surface area contributed by atoms with Crippen LogP contribution in [0.2, 0.25) is 0 Å². The average molecular weight is 812 g/mol. The fraction of sp³-hybridized carbons (Fsp3) is 0.444. The highest BCUT2D eigenvalue weighted by Crippen LogP contribution is 2.53. The number of hydrogen-bond donors (Lipinski definition) is 21. The van der Waals surface area contributed by atoms with Crippen molar-refractivity contribution in [3.8, 4) is 23.0 Å². The largest absolute Gasteiger partial charge is 0.507 e. The number of aromatic hydroxyl groups is 4. The summed E-state index contributed by atoms with van der Waals surface area (Å²) in [6.07, 6.45) is -2.05. The molecule has 0 saturated carbocycles. The molecule has 1 amide bonds. The van der Waals surface area contributed by atoms with Crippen molar-refractivity contribution in [2.75, 3.05) is 19.4 Å². The van der Waals surface area contributed by atoms with Crippen LogP contribution in [0.1, 0.15) is 39.9 Å². The number of morpholine rings is 1. The summed E-state index contributed by atoms with van der Waals surface area (Å²) in [7, 11) is 6.85. The fourth-order valence-electron chi connectivity index (χ4n) is 5.51. The van der Waals surface area contributed by atoms with Gasteiger partial charge in [0.05, 0.1) is 22.4 Å². The molecule has 1 saturated heterocycles. The van der Waals surface area contributed by atoms with Gasteiger partial charge in [0.15, 0.2) is 17.8 Å². The topological polar surface area (TPSA) is 475 Å². The smallest absolute Gasteiger partial charge is 0.356 e. The van der Waals surface area contributed by atoms with E-state index in [1.807, 2.05) is 5.32 Å². The van der Waals surface area contributed by atoms with Gasteiger partial charge in [-0.15, -0.1) is 4.90 Å². The Morgan fingerprint density at radius 1 is 0.875 bits per heavy atom. The molecule has 1 heterocycles. The molecule has 2 aromatic carbocycles. The Morgan fingerprint density at radius 2 is 1.38 bits per heavy atom. The van der Waals surface area contributed by atoms with Crippen LogP contribution in [0.5, 0.6) is 23.0 Å². The summed E-state index contributed by atoms with van der Waals surface area (Å²) in [5.74, 6) is -45.4. The molecule has 1 atom stereocenters. The van der Waals surface area contributed by atoms with Gasteiger partial charge in [0.25, 0.3) is 23.6 Å². The number of hydrogen-bond acceptors (Lipinski definition) is 26. The lowest BCUT2D eigenvalue weighted by Gasteiger charge is -2.57. The standard InChI is InChI=1S/C27H34BFN4O23/c1-30-19(40)20(41,4-3-5-34)32(2)23(46,47)11-8(7-35)15(36)18(39)17(38)14(11)31-21(42,43)12-13(29)10(28)6-9(16(12)37)22(44,45)33-24(48,49)26(52,53)56-27(54,55)25(33,50)51/h5-7,31,36-39,41-55H,3-4H2,1-2H3,(H,30,40). The van der Waals surface area contributed by atoms with Gasteiger partial charge in [-0.25, -0.2) is 9.29 Å². The number of phenols is 4. The second kappa shape index (κ2) is 14.2. The van der Waals surface area contributed by atoms with Gasteiger partial charge in [0, 0.05) is 19.9 Å². The van der Waals surface area contributed by atoms with E-state index in [9.17, 15) is 111 Å². The van der Waals surface area contributed by atoms with Gasteiger partial charge in [0.2, 0.25) is 11.5 Å². The molecule has 0 aromatic heterocycles. The maximum Gasteiger partial charge on any atom is 0.356 e. The van der Waals surface area contributed by atoms with Crippen LogP contribution in [0.3, 0.4) is 0 Å². The third-order valence-corrected chi connectivity index (χ3v) is 8.51. The highest BCUT2D eigenvalue weighted by molar-refractivity contribution is 6.32. The molecule has 2 radical (unpaired) electrons. The van der Waals surface area contributed by atoms with Crippen LogP contribution < -0.4 is 16.1 Å². The Morgan fingerprint density at radius 3 is 1.82 bits per heavy atom. The second-order valence-electron chi connectivity index (χ2n) is 12.0. The molecule has 0 aliphatic carbocycles. The zero-order valence-electron chi connectivity index (χ0n) is 28.1. The lowest BCUT2D eigenvalue weighted by molar-refractivity contribution is -0.682. The monoisotopic (exact) mass is 812 g/mol. The predicted octanol–water partition coefficient (Wildman–Crippen LogP) is -10.1. The van der Waals surface area contributed by atoms with Gasteiger partial charge < -0.3 is 112 Å². The van der Waals surface area contributed by atoms with Crippen molar-refractivity contribution >= 4 is 37.5 Å². The van der Waals surface area contributed by atoms with Crippen molar-refractivity contribution in [2.24, 2.45) is 0 Å². The summed E-state index contributed by atoms with van der Waals surface area (Å²) < 4.78 is 19.2. The number of amides is 1. The van der Waals surface area contributed by atoms with Gasteiger partial charge in [-0.3, -0.25) is 14.3 Å². The molecule has 1 aliphatic heterocycles. The van der Waals surface area contributed by atoms with Crippen molar-refractivity contribution in [1.82, 2.24) is 15.1 Å². The molecule has 29 heteroatoms. The maximum absolute atomic E-state index is 15.7. The van der Waals surface area contributed by atoms with Crippen LogP contribution in [0.15, 0.2) is 6.07 Å². The van der Waals surface area contributed by atoms with Gasteiger partial charge in [0.1, 0.15) is 31.3 Å². The summed E-state index contributed by atoms with van der Waals surface area (Å²) in [4.78, 5) is 34.1. The number of benzene rings is 2. The number of phenolic OH excluding ortho intramolecular Hbond substituents is 4. The van der Waals surface area contributed by atoms with Crippen LogP contribution in [-0.4, -0.2) is 177 Å². The molecule has 56 heavy (non-hydrogen) atoms. The zero-order valence-corrected chi connectivity index (χ0v) is 28.1. The SMILES string of the molecule is [B]c1cc(C(O)(O)N2C(O)(O)C(O)(O)OC(O)(O)C2(O)O)c(O)c(C(O)(O)Nc2c(O)c(O)c(O)c(C=O)c2C(O)(O)N(C)C(O)(CCC=O)C(=O)NC)c1F. The first-order valence-electron chi connectivity index (χ1n) is 14.8. The van der Waals surface area contributed by atoms with Crippen molar-refractivity contribution in [1.29, 1.82) is 0 Å². The number of carbonyl (C=O) groups excluding carboxylic acids is 3.